The van der Waals surface area contributed by atoms with Crippen LogP contribution in [0.25, 0.3) is 0 Å². The van der Waals surface area contributed by atoms with Crippen molar-refractivity contribution in [2.24, 2.45) is 0 Å². The highest BCUT2D eigenvalue weighted by Crippen LogP contribution is 2.32. The van der Waals surface area contributed by atoms with Gasteiger partial charge < -0.3 is 4.74 Å². The van der Waals surface area contributed by atoms with Crippen molar-refractivity contribution in [2.45, 2.75) is 45.1 Å². The molecule has 2 rings (SSSR count). The number of ether oxygens (including phenoxy) is 1. The van der Waals surface area contributed by atoms with Gasteiger partial charge in [-0.25, -0.2) is 0 Å². The highest BCUT2D eigenvalue weighted by Gasteiger charge is 2.34. The monoisotopic (exact) mass is 243 g/mol. The lowest BCUT2D eigenvalue weighted by Gasteiger charge is -2.36. The molecule has 0 aromatic carbocycles. The van der Waals surface area contributed by atoms with E-state index in [2.05, 4.69) is 31.0 Å². The fourth-order valence-corrected chi connectivity index (χ4v) is 2.57. The minimum atomic E-state index is -0.0988. The average Bonchev–Trinajstić information content (AvgIpc) is 2.62. The Bertz CT molecular complexity index is 369. The summed E-state index contributed by atoms with van der Waals surface area (Å²) in [6, 6.07) is 0. The van der Waals surface area contributed by atoms with Gasteiger partial charge in [0.25, 0.3) is 0 Å². The molecule has 0 aliphatic carbocycles. The standard InChI is InChI=1S/C11H18ClN3O/c1-8(2)9-13-14-10(12)15(9)11(3)5-4-6-16-7-11/h8H,4-7H2,1-3H3. The number of rotatable bonds is 2. The van der Waals surface area contributed by atoms with Crippen molar-refractivity contribution < 1.29 is 4.74 Å². The van der Waals surface area contributed by atoms with Crippen LogP contribution in [0.2, 0.25) is 5.28 Å². The van der Waals surface area contributed by atoms with Gasteiger partial charge in [-0.3, -0.25) is 4.57 Å². The molecule has 2 heterocycles. The van der Waals surface area contributed by atoms with Gasteiger partial charge in [0.15, 0.2) is 0 Å². The molecule has 5 heteroatoms. The van der Waals surface area contributed by atoms with Crippen molar-refractivity contribution in [1.82, 2.24) is 14.8 Å². The normalized spacial score (nSPS) is 26.3. The summed E-state index contributed by atoms with van der Waals surface area (Å²) in [5, 5.41) is 8.61. The zero-order valence-electron chi connectivity index (χ0n) is 10.0. The van der Waals surface area contributed by atoms with Crippen molar-refractivity contribution in [3.63, 3.8) is 0 Å². The molecule has 1 aromatic heterocycles. The molecule has 1 saturated heterocycles. The maximum atomic E-state index is 6.15. The Labute approximate surface area is 101 Å². The van der Waals surface area contributed by atoms with Crippen molar-refractivity contribution in [3.8, 4) is 0 Å². The van der Waals surface area contributed by atoms with E-state index >= 15 is 0 Å². The molecular formula is C11H18ClN3O. The Kier molecular flexibility index (Phi) is 3.22. The highest BCUT2D eigenvalue weighted by molar-refractivity contribution is 6.28. The molecule has 1 unspecified atom stereocenters. The summed E-state index contributed by atoms with van der Waals surface area (Å²) in [5.41, 5.74) is -0.0988. The molecule has 0 amide bonds. The lowest BCUT2D eigenvalue weighted by molar-refractivity contribution is 0.00787. The summed E-state index contributed by atoms with van der Waals surface area (Å²) in [5.74, 6) is 1.26. The number of hydrogen-bond acceptors (Lipinski definition) is 3. The number of nitrogens with zero attached hydrogens (tertiary/aromatic N) is 3. The lowest BCUT2D eigenvalue weighted by atomic mass is 9.94. The molecule has 1 atom stereocenters. The summed E-state index contributed by atoms with van der Waals surface area (Å²) in [6.45, 7) is 7.89. The molecule has 1 fully saturated rings. The van der Waals surface area contributed by atoms with Crippen molar-refractivity contribution >= 4 is 11.6 Å². The third-order valence-electron chi connectivity index (χ3n) is 3.12. The van der Waals surface area contributed by atoms with Gasteiger partial charge in [0, 0.05) is 12.5 Å². The topological polar surface area (TPSA) is 39.9 Å². The van der Waals surface area contributed by atoms with Gasteiger partial charge in [0.05, 0.1) is 12.1 Å². The Morgan fingerprint density at radius 1 is 1.44 bits per heavy atom. The predicted octanol–water partition coefficient (Wildman–Crippen LogP) is 2.58. The second-order valence-corrected chi connectivity index (χ2v) is 5.31. The maximum absolute atomic E-state index is 6.15. The van der Waals surface area contributed by atoms with Gasteiger partial charge >= 0.3 is 0 Å². The zero-order valence-corrected chi connectivity index (χ0v) is 10.8. The molecule has 0 radical (unpaired) electrons. The van der Waals surface area contributed by atoms with E-state index in [-0.39, 0.29) is 5.54 Å². The SMILES string of the molecule is CC(C)c1nnc(Cl)n1C1(C)CCCOC1. The van der Waals surface area contributed by atoms with Gasteiger partial charge in [0.1, 0.15) is 5.82 Å². The first-order valence-corrected chi connectivity index (χ1v) is 6.11. The third kappa shape index (κ3) is 1.96. The smallest absolute Gasteiger partial charge is 0.225 e. The average molecular weight is 244 g/mol. The van der Waals surface area contributed by atoms with Gasteiger partial charge in [-0.2, -0.15) is 0 Å². The Morgan fingerprint density at radius 3 is 2.75 bits per heavy atom. The van der Waals surface area contributed by atoms with Crippen LogP contribution in [0.4, 0.5) is 0 Å². The van der Waals surface area contributed by atoms with E-state index in [4.69, 9.17) is 16.3 Å². The maximum Gasteiger partial charge on any atom is 0.225 e. The summed E-state index contributed by atoms with van der Waals surface area (Å²) in [7, 11) is 0. The lowest BCUT2D eigenvalue weighted by Crippen LogP contribution is -2.40. The van der Waals surface area contributed by atoms with Crippen molar-refractivity contribution in [2.75, 3.05) is 13.2 Å². The molecule has 0 spiro atoms. The second kappa shape index (κ2) is 4.34. The van der Waals surface area contributed by atoms with Crippen LogP contribution in [-0.2, 0) is 10.3 Å². The van der Waals surface area contributed by atoms with Gasteiger partial charge in [-0.05, 0) is 31.4 Å². The first-order chi connectivity index (χ1) is 7.54. The van der Waals surface area contributed by atoms with Crippen LogP contribution in [-0.4, -0.2) is 28.0 Å². The highest BCUT2D eigenvalue weighted by atomic mass is 35.5. The molecule has 0 bridgehead atoms. The molecule has 0 saturated carbocycles. The minimum Gasteiger partial charge on any atom is -0.379 e. The van der Waals surface area contributed by atoms with E-state index in [9.17, 15) is 0 Å². The summed E-state index contributed by atoms with van der Waals surface area (Å²) in [6.07, 6.45) is 2.12. The first-order valence-electron chi connectivity index (χ1n) is 5.73. The molecular weight excluding hydrogens is 226 g/mol. The first kappa shape index (κ1) is 11.9. The Morgan fingerprint density at radius 2 is 2.19 bits per heavy atom. The molecule has 90 valence electrons. The van der Waals surface area contributed by atoms with Crippen LogP contribution in [0.1, 0.15) is 45.4 Å². The largest absolute Gasteiger partial charge is 0.379 e. The van der Waals surface area contributed by atoms with Crippen LogP contribution in [0.15, 0.2) is 0 Å². The van der Waals surface area contributed by atoms with E-state index in [0.29, 0.717) is 17.8 Å². The number of halogens is 1. The van der Waals surface area contributed by atoms with Crippen LogP contribution in [0, 0.1) is 0 Å². The van der Waals surface area contributed by atoms with E-state index in [1.807, 2.05) is 4.57 Å². The fourth-order valence-electron chi connectivity index (χ4n) is 2.25. The van der Waals surface area contributed by atoms with E-state index in [1.165, 1.54) is 0 Å². The predicted molar refractivity (Wildman–Crippen MR) is 62.8 cm³/mol. The molecule has 16 heavy (non-hydrogen) atoms. The Balaban J connectivity index is 2.41. The van der Waals surface area contributed by atoms with Crippen molar-refractivity contribution in [3.05, 3.63) is 11.1 Å². The van der Waals surface area contributed by atoms with E-state index in [0.717, 1.165) is 25.3 Å². The summed E-state index contributed by atoms with van der Waals surface area (Å²) >= 11 is 6.15. The summed E-state index contributed by atoms with van der Waals surface area (Å²) in [4.78, 5) is 0. The minimum absolute atomic E-state index is 0.0988. The zero-order chi connectivity index (χ0) is 11.8. The van der Waals surface area contributed by atoms with E-state index < -0.39 is 0 Å². The van der Waals surface area contributed by atoms with Crippen LogP contribution < -0.4 is 0 Å². The van der Waals surface area contributed by atoms with Crippen LogP contribution in [0.5, 0.6) is 0 Å². The molecule has 0 N–H and O–H groups in total. The molecule has 1 aliphatic rings. The fraction of sp³-hybridized carbons (Fsp3) is 0.818. The number of aromatic nitrogens is 3. The Hall–Kier alpha value is -0.610. The quantitative estimate of drug-likeness (QED) is 0.802. The van der Waals surface area contributed by atoms with E-state index in [1.54, 1.807) is 0 Å². The summed E-state index contributed by atoms with van der Waals surface area (Å²) < 4.78 is 7.60. The molecule has 4 nitrogen and oxygen atoms in total. The molecule has 1 aliphatic heterocycles. The third-order valence-corrected chi connectivity index (χ3v) is 3.37. The van der Waals surface area contributed by atoms with Crippen molar-refractivity contribution in [1.29, 1.82) is 0 Å². The number of hydrogen-bond donors (Lipinski definition) is 0. The second-order valence-electron chi connectivity index (χ2n) is 4.97. The van der Waals surface area contributed by atoms with Crippen LogP contribution in [0.3, 0.4) is 0 Å². The van der Waals surface area contributed by atoms with Gasteiger partial charge in [0.2, 0.25) is 5.28 Å². The molecule has 1 aromatic rings. The van der Waals surface area contributed by atoms with Gasteiger partial charge in [-0.15, -0.1) is 10.2 Å². The van der Waals surface area contributed by atoms with Crippen LogP contribution >= 0.6 is 11.6 Å². The van der Waals surface area contributed by atoms with Gasteiger partial charge in [-0.1, -0.05) is 13.8 Å².